The average molecular weight is 359 g/mol. The van der Waals surface area contributed by atoms with Crippen LogP contribution in [-0.4, -0.2) is 20.8 Å². The third-order valence-electron chi connectivity index (χ3n) is 3.36. The van der Waals surface area contributed by atoms with Gasteiger partial charge in [0, 0.05) is 6.54 Å². The second-order valence-corrected chi connectivity index (χ2v) is 5.35. The molecule has 0 aliphatic rings. The van der Waals surface area contributed by atoms with Crippen LogP contribution in [0.1, 0.15) is 37.7 Å². The van der Waals surface area contributed by atoms with Crippen molar-refractivity contribution in [3.8, 4) is 0 Å². The Kier molecular flexibility index (Phi) is 5.60. The SMILES string of the molecule is CCCn1ncnc1[C@H](C)NC(=O)Nc1cc(C(F)(F)F)ccc1F. The van der Waals surface area contributed by atoms with Gasteiger partial charge in [-0.1, -0.05) is 6.92 Å². The third kappa shape index (κ3) is 4.68. The van der Waals surface area contributed by atoms with Crippen LogP contribution in [0.2, 0.25) is 0 Å². The van der Waals surface area contributed by atoms with Gasteiger partial charge in [0.05, 0.1) is 17.3 Å². The summed E-state index contributed by atoms with van der Waals surface area (Å²) in [6, 6.07) is 0.382. The molecule has 0 saturated carbocycles. The van der Waals surface area contributed by atoms with Crippen molar-refractivity contribution < 1.29 is 22.4 Å². The molecule has 2 rings (SSSR count). The van der Waals surface area contributed by atoms with E-state index in [-0.39, 0.29) is 0 Å². The molecule has 0 unspecified atom stereocenters. The highest BCUT2D eigenvalue weighted by atomic mass is 19.4. The minimum absolute atomic E-state index is 0.488. The van der Waals surface area contributed by atoms with Gasteiger partial charge < -0.3 is 10.6 Å². The number of halogens is 4. The van der Waals surface area contributed by atoms with Crippen molar-refractivity contribution in [2.24, 2.45) is 0 Å². The molecule has 1 heterocycles. The second-order valence-electron chi connectivity index (χ2n) is 5.35. The molecule has 0 bridgehead atoms. The monoisotopic (exact) mass is 359 g/mol. The summed E-state index contributed by atoms with van der Waals surface area (Å²) >= 11 is 0. The molecule has 2 amide bonds. The number of hydrogen-bond acceptors (Lipinski definition) is 3. The standard InChI is InChI=1S/C15H17F4N5O/c1-3-6-24-13(20-8-21-24)9(2)22-14(25)23-12-7-10(15(17,18)19)4-5-11(12)16/h4-5,7-9H,3,6H2,1-2H3,(H2,22,23,25)/t9-/m0/s1. The number of benzene rings is 1. The quantitative estimate of drug-likeness (QED) is 0.799. The highest BCUT2D eigenvalue weighted by molar-refractivity contribution is 5.89. The van der Waals surface area contributed by atoms with Crippen molar-refractivity contribution in [3.05, 3.63) is 41.7 Å². The van der Waals surface area contributed by atoms with E-state index >= 15 is 0 Å². The van der Waals surface area contributed by atoms with Crippen molar-refractivity contribution in [1.29, 1.82) is 0 Å². The lowest BCUT2D eigenvalue weighted by atomic mass is 10.2. The lowest BCUT2D eigenvalue weighted by Gasteiger charge is -2.16. The predicted molar refractivity (Wildman–Crippen MR) is 82.3 cm³/mol. The van der Waals surface area contributed by atoms with Gasteiger partial charge in [-0.3, -0.25) is 0 Å². The molecule has 0 aliphatic carbocycles. The zero-order valence-corrected chi connectivity index (χ0v) is 13.6. The summed E-state index contributed by atoms with van der Waals surface area (Å²) in [6.07, 6.45) is -2.48. The Bertz CT molecular complexity index is 744. The van der Waals surface area contributed by atoms with Gasteiger partial charge in [0.25, 0.3) is 0 Å². The molecular weight excluding hydrogens is 342 g/mol. The van der Waals surface area contributed by atoms with Crippen molar-refractivity contribution >= 4 is 11.7 Å². The number of aryl methyl sites for hydroxylation is 1. The number of nitrogens with one attached hydrogen (secondary N) is 2. The van der Waals surface area contributed by atoms with Crippen LogP contribution in [0, 0.1) is 5.82 Å². The first kappa shape index (κ1) is 18.7. The number of carbonyl (C=O) groups is 1. The number of urea groups is 1. The molecule has 136 valence electrons. The molecule has 10 heteroatoms. The van der Waals surface area contributed by atoms with Crippen LogP contribution >= 0.6 is 0 Å². The Hall–Kier alpha value is -2.65. The van der Waals surface area contributed by atoms with Crippen LogP contribution in [0.25, 0.3) is 0 Å². The van der Waals surface area contributed by atoms with Gasteiger partial charge in [0.15, 0.2) is 0 Å². The van der Waals surface area contributed by atoms with Gasteiger partial charge in [-0.2, -0.15) is 18.3 Å². The summed E-state index contributed by atoms with van der Waals surface area (Å²) in [6.45, 7) is 4.19. The fourth-order valence-corrected chi connectivity index (χ4v) is 2.21. The molecule has 1 aromatic heterocycles. The smallest absolute Gasteiger partial charge is 0.328 e. The van der Waals surface area contributed by atoms with E-state index in [1.807, 2.05) is 6.92 Å². The van der Waals surface area contributed by atoms with Gasteiger partial charge in [0.2, 0.25) is 0 Å². The lowest BCUT2D eigenvalue weighted by Crippen LogP contribution is -2.33. The molecule has 25 heavy (non-hydrogen) atoms. The summed E-state index contributed by atoms with van der Waals surface area (Å²) < 4.78 is 53.3. The van der Waals surface area contributed by atoms with Crippen molar-refractivity contribution in [1.82, 2.24) is 20.1 Å². The number of nitrogens with zero attached hydrogens (tertiary/aromatic N) is 3. The van der Waals surface area contributed by atoms with Crippen molar-refractivity contribution in [2.45, 2.75) is 39.0 Å². The Labute approximate surface area is 141 Å². The van der Waals surface area contributed by atoms with E-state index in [0.29, 0.717) is 30.6 Å². The van der Waals surface area contributed by atoms with E-state index < -0.39 is 35.3 Å². The number of hydrogen-bond donors (Lipinski definition) is 2. The summed E-state index contributed by atoms with van der Waals surface area (Å²) in [7, 11) is 0. The van der Waals surface area contributed by atoms with E-state index in [2.05, 4.69) is 20.7 Å². The molecule has 0 aliphatic heterocycles. The van der Waals surface area contributed by atoms with Crippen LogP contribution in [-0.2, 0) is 12.7 Å². The fraction of sp³-hybridized carbons (Fsp3) is 0.400. The largest absolute Gasteiger partial charge is 0.416 e. The van der Waals surface area contributed by atoms with Gasteiger partial charge in [-0.05, 0) is 31.5 Å². The molecule has 2 aromatic rings. The Balaban J connectivity index is 2.08. The number of amides is 2. The van der Waals surface area contributed by atoms with E-state index in [0.717, 1.165) is 6.42 Å². The maximum absolute atomic E-state index is 13.7. The van der Waals surface area contributed by atoms with Gasteiger partial charge in [-0.25, -0.2) is 18.9 Å². The highest BCUT2D eigenvalue weighted by Gasteiger charge is 2.31. The van der Waals surface area contributed by atoms with Crippen LogP contribution in [0.15, 0.2) is 24.5 Å². The van der Waals surface area contributed by atoms with Crippen LogP contribution < -0.4 is 10.6 Å². The Morgan fingerprint density at radius 2 is 2.08 bits per heavy atom. The van der Waals surface area contributed by atoms with Crippen LogP contribution in [0.5, 0.6) is 0 Å². The van der Waals surface area contributed by atoms with E-state index in [1.165, 1.54) is 6.33 Å². The topological polar surface area (TPSA) is 71.8 Å². The van der Waals surface area contributed by atoms with Gasteiger partial charge in [-0.15, -0.1) is 0 Å². The van der Waals surface area contributed by atoms with Crippen molar-refractivity contribution in [2.75, 3.05) is 5.32 Å². The normalized spacial score (nSPS) is 12.7. The molecule has 0 radical (unpaired) electrons. The summed E-state index contributed by atoms with van der Waals surface area (Å²) in [5.74, 6) is -0.480. The van der Waals surface area contributed by atoms with Crippen LogP contribution in [0.4, 0.5) is 28.0 Å². The minimum atomic E-state index is -4.63. The lowest BCUT2D eigenvalue weighted by molar-refractivity contribution is -0.137. The molecule has 6 nitrogen and oxygen atoms in total. The molecule has 1 aromatic carbocycles. The average Bonchev–Trinajstić information content (AvgIpc) is 2.97. The Morgan fingerprint density at radius 3 is 2.72 bits per heavy atom. The summed E-state index contributed by atoms with van der Waals surface area (Å²) in [5, 5.41) is 8.60. The van der Waals surface area contributed by atoms with E-state index in [4.69, 9.17) is 0 Å². The number of alkyl halides is 3. The second kappa shape index (κ2) is 7.49. The summed E-state index contributed by atoms with van der Waals surface area (Å²) in [4.78, 5) is 16.0. The molecule has 1 atom stereocenters. The molecule has 2 N–H and O–H groups in total. The van der Waals surface area contributed by atoms with E-state index in [9.17, 15) is 22.4 Å². The third-order valence-corrected chi connectivity index (χ3v) is 3.36. The van der Waals surface area contributed by atoms with Gasteiger partial charge in [0.1, 0.15) is 18.0 Å². The zero-order chi connectivity index (χ0) is 18.6. The first-order valence-electron chi connectivity index (χ1n) is 7.54. The molecule has 0 fully saturated rings. The minimum Gasteiger partial charge on any atom is -0.328 e. The highest BCUT2D eigenvalue weighted by Crippen LogP contribution is 2.31. The Morgan fingerprint density at radius 1 is 1.36 bits per heavy atom. The maximum Gasteiger partial charge on any atom is 0.416 e. The number of rotatable bonds is 5. The number of aromatic nitrogens is 3. The molecule has 0 spiro atoms. The molecular formula is C15H17F4N5O. The fourth-order valence-electron chi connectivity index (χ4n) is 2.21. The van der Waals surface area contributed by atoms with Crippen molar-refractivity contribution in [3.63, 3.8) is 0 Å². The molecule has 0 saturated heterocycles. The maximum atomic E-state index is 13.7. The zero-order valence-electron chi connectivity index (χ0n) is 13.6. The first-order chi connectivity index (χ1) is 11.7. The van der Waals surface area contributed by atoms with Crippen LogP contribution in [0.3, 0.4) is 0 Å². The van der Waals surface area contributed by atoms with Gasteiger partial charge >= 0.3 is 12.2 Å². The number of carbonyl (C=O) groups excluding carboxylic acids is 1. The first-order valence-corrected chi connectivity index (χ1v) is 7.54. The number of anilines is 1. The van der Waals surface area contributed by atoms with E-state index in [1.54, 1.807) is 11.6 Å². The predicted octanol–water partition coefficient (Wildman–Crippen LogP) is 3.73. The summed E-state index contributed by atoms with van der Waals surface area (Å²) in [5.41, 5.74) is -1.62.